The van der Waals surface area contributed by atoms with Crippen LogP contribution in [0.2, 0.25) is 0 Å². The van der Waals surface area contributed by atoms with Gasteiger partial charge in [-0.2, -0.15) is 0 Å². The van der Waals surface area contributed by atoms with E-state index < -0.39 is 0 Å². The second-order valence-corrected chi connectivity index (χ2v) is 4.66. The Labute approximate surface area is 111 Å². The van der Waals surface area contributed by atoms with Crippen LogP contribution in [0.4, 0.5) is 0 Å². The number of aryl methyl sites for hydroxylation is 2. The Bertz CT molecular complexity index is 752. The van der Waals surface area contributed by atoms with Gasteiger partial charge < -0.3 is 5.11 Å². The third-order valence-corrected chi connectivity index (χ3v) is 3.40. The van der Waals surface area contributed by atoms with Gasteiger partial charge in [0.1, 0.15) is 5.75 Å². The summed E-state index contributed by atoms with van der Waals surface area (Å²) in [6.45, 7) is 3.92. The zero-order valence-corrected chi connectivity index (χ0v) is 10.9. The van der Waals surface area contributed by atoms with Crippen LogP contribution in [-0.4, -0.2) is 15.1 Å². The van der Waals surface area contributed by atoms with Crippen molar-refractivity contribution in [3.63, 3.8) is 0 Å². The van der Waals surface area contributed by atoms with Gasteiger partial charge in [-0.1, -0.05) is 6.07 Å². The zero-order valence-electron chi connectivity index (χ0n) is 10.9. The number of aromatic nitrogens is 2. The third-order valence-electron chi connectivity index (χ3n) is 3.40. The number of fused-ring (bicyclic) bond motifs is 1. The molecule has 3 nitrogen and oxygen atoms in total. The number of aromatic hydroxyl groups is 1. The van der Waals surface area contributed by atoms with Gasteiger partial charge in [-0.3, -0.25) is 9.97 Å². The minimum absolute atomic E-state index is 0.279. The van der Waals surface area contributed by atoms with Gasteiger partial charge in [0.25, 0.3) is 0 Å². The van der Waals surface area contributed by atoms with Crippen LogP contribution in [0.1, 0.15) is 11.1 Å². The lowest BCUT2D eigenvalue weighted by atomic mass is 9.97. The first kappa shape index (κ1) is 11.7. The summed E-state index contributed by atoms with van der Waals surface area (Å²) in [5.41, 5.74) is 4.94. The van der Waals surface area contributed by atoms with Crippen LogP contribution < -0.4 is 0 Å². The van der Waals surface area contributed by atoms with Crippen molar-refractivity contribution in [3.05, 3.63) is 54.0 Å². The fraction of sp³-hybridized carbons (Fsp3) is 0.125. The summed E-state index contributed by atoms with van der Waals surface area (Å²) in [6, 6.07) is 7.60. The lowest BCUT2D eigenvalue weighted by Gasteiger charge is -2.11. The van der Waals surface area contributed by atoms with E-state index in [0.29, 0.717) is 0 Å². The molecule has 0 bridgehead atoms. The summed E-state index contributed by atoms with van der Waals surface area (Å²) in [5, 5.41) is 10.8. The van der Waals surface area contributed by atoms with E-state index in [1.165, 1.54) is 0 Å². The highest BCUT2D eigenvalue weighted by molar-refractivity contribution is 5.98. The van der Waals surface area contributed by atoms with Crippen molar-refractivity contribution >= 4 is 10.9 Å². The number of phenols is 1. The molecular formula is C16H14N2O. The molecule has 0 aliphatic rings. The number of hydrogen-bond donors (Lipinski definition) is 1. The fourth-order valence-corrected chi connectivity index (χ4v) is 2.39. The van der Waals surface area contributed by atoms with Crippen LogP contribution in [0, 0.1) is 13.8 Å². The van der Waals surface area contributed by atoms with Crippen molar-refractivity contribution in [2.45, 2.75) is 13.8 Å². The van der Waals surface area contributed by atoms with E-state index in [0.717, 1.165) is 33.2 Å². The molecule has 0 spiro atoms. The Hall–Kier alpha value is -2.42. The molecule has 0 fully saturated rings. The van der Waals surface area contributed by atoms with E-state index >= 15 is 0 Å². The van der Waals surface area contributed by atoms with Crippen LogP contribution in [-0.2, 0) is 0 Å². The van der Waals surface area contributed by atoms with Crippen LogP contribution in [0.3, 0.4) is 0 Å². The molecule has 3 aromatic rings. The minimum Gasteiger partial charge on any atom is -0.508 e. The molecule has 0 amide bonds. The largest absolute Gasteiger partial charge is 0.508 e. The SMILES string of the molecule is Cc1cnc2c(C)c(O)ccc2c1-c1cccnc1. The normalized spacial score (nSPS) is 10.8. The summed E-state index contributed by atoms with van der Waals surface area (Å²) >= 11 is 0. The van der Waals surface area contributed by atoms with Crippen molar-refractivity contribution in [2.24, 2.45) is 0 Å². The smallest absolute Gasteiger partial charge is 0.120 e. The van der Waals surface area contributed by atoms with Crippen molar-refractivity contribution in [1.29, 1.82) is 0 Å². The molecule has 2 heterocycles. The Balaban J connectivity index is 2.42. The molecular weight excluding hydrogens is 236 g/mol. The van der Waals surface area contributed by atoms with E-state index in [9.17, 15) is 5.11 Å². The van der Waals surface area contributed by atoms with Gasteiger partial charge in [0.05, 0.1) is 5.52 Å². The van der Waals surface area contributed by atoms with Gasteiger partial charge in [-0.05, 0) is 43.2 Å². The summed E-state index contributed by atoms with van der Waals surface area (Å²) in [5.74, 6) is 0.279. The van der Waals surface area contributed by atoms with Gasteiger partial charge >= 0.3 is 0 Å². The predicted molar refractivity (Wildman–Crippen MR) is 76.1 cm³/mol. The molecule has 0 saturated heterocycles. The fourth-order valence-electron chi connectivity index (χ4n) is 2.39. The highest BCUT2D eigenvalue weighted by Crippen LogP contribution is 2.34. The van der Waals surface area contributed by atoms with Crippen molar-refractivity contribution in [3.8, 4) is 16.9 Å². The predicted octanol–water partition coefficient (Wildman–Crippen LogP) is 3.62. The van der Waals surface area contributed by atoms with E-state index in [1.54, 1.807) is 12.3 Å². The number of hydrogen-bond acceptors (Lipinski definition) is 3. The van der Waals surface area contributed by atoms with Crippen molar-refractivity contribution < 1.29 is 5.11 Å². The summed E-state index contributed by atoms with van der Waals surface area (Å²) in [4.78, 5) is 8.63. The monoisotopic (exact) mass is 250 g/mol. The lowest BCUT2D eigenvalue weighted by molar-refractivity contribution is 0.472. The molecule has 1 N–H and O–H groups in total. The number of nitrogens with zero attached hydrogens (tertiary/aromatic N) is 2. The molecule has 2 aromatic heterocycles. The molecule has 1 aromatic carbocycles. The highest BCUT2D eigenvalue weighted by Gasteiger charge is 2.11. The maximum Gasteiger partial charge on any atom is 0.120 e. The minimum atomic E-state index is 0.279. The molecule has 0 aliphatic carbocycles. The standard InChI is InChI=1S/C16H14N2O/c1-10-8-18-16-11(2)14(19)6-5-13(16)15(10)12-4-3-7-17-9-12/h3-9,19H,1-2H3. The number of phenolic OH excluding ortho intramolecular Hbond substituents is 1. The molecule has 3 rings (SSSR count). The average molecular weight is 250 g/mol. The van der Waals surface area contributed by atoms with Crippen LogP contribution in [0.15, 0.2) is 42.9 Å². The van der Waals surface area contributed by atoms with Crippen LogP contribution in [0.5, 0.6) is 5.75 Å². The van der Waals surface area contributed by atoms with Gasteiger partial charge in [-0.25, -0.2) is 0 Å². The van der Waals surface area contributed by atoms with Gasteiger partial charge in [-0.15, -0.1) is 0 Å². The van der Waals surface area contributed by atoms with Crippen LogP contribution in [0.25, 0.3) is 22.0 Å². The number of rotatable bonds is 1. The number of pyridine rings is 2. The maximum absolute atomic E-state index is 9.80. The topological polar surface area (TPSA) is 46.0 Å². The second kappa shape index (κ2) is 4.35. The Morgan fingerprint density at radius 1 is 1.05 bits per heavy atom. The first-order chi connectivity index (χ1) is 9.18. The van der Waals surface area contributed by atoms with Gasteiger partial charge in [0.2, 0.25) is 0 Å². The summed E-state index contributed by atoms with van der Waals surface area (Å²) in [6.07, 6.45) is 5.46. The van der Waals surface area contributed by atoms with E-state index in [2.05, 4.69) is 9.97 Å². The molecule has 0 unspecified atom stereocenters. The van der Waals surface area contributed by atoms with Gasteiger partial charge in [0.15, 0.2) is 0 Å². The molecule has 0 atom stereocenters. The molecule has 19 heavy (non-hydrogen) atoms. The van der Waals surface area contributed by atoms with Crippen molar-refractivity contribution in [1.82, 2.24) is 9.97 Å². The zero-order chi connectivity index (χ0) is 13.4. The molecule has 0 aliphatic heterocycles. The molecule has 0 saturated carbocycles. The quantitative estimate of drug-likeness (QED) is 0.717. The molecule has 3 heteroatoms. The number of benzene rings is 1. The first-order valence-corrected chi connectivity index (χ1v) is 6.17. The molecule has 94 valence electrons. The van der Waals surface area contributed by atoms with E-state index in [4.69, 9.17) is 0 Å². The Morgan fingerprint density at radius 2 is 1.89 bits per heavy atom. The second-order valence-electron chi connectivity index (χ2n) is 4.66. The summed E-state index contributed by atoms with van der Waals surface area (Å²) < 4.78 is 0. The van der Waals surface area contributed by atoms with Crippen molar-refractivity contribution in [2.75, 3.05) is 0 Å². The lowest BCUT2D eigenvalue weighted by Crippen LogP contribution is -1.92. The Morgan fingerprint density at radius 3 is 2.63 bits per heavy atom. The first-order valence-electron chi connectivity index (χ1n) is 6.17. The van der Waals surface area contributed by atoms with E-state index in [1.807, 2.05) is 44.4 Å². The van der Waals surface area contributed by atoms with E-state index in [-0.39, 0.29) is 5.75 Å². The third kappa shape index (κ3) is 1.83. The average Bonchev–Trinajstić information content (AvgIpc) is 2.44. The van der Waals surface area contributed by atoms with Crippen LogP contribution >= 0.6 is 0 Å². The summed E-state index contributed by atoms with van der Waals surface area (Å²) in [7, 11) is 0. The molecule has 0 radical (unpaired) electrons. The Kier molecular flexibility index (Phi) is 2.67. The maximum atomic E-state index is 9.80. The highest BCUT2D eigenvalue weighted by atomic mass is 16.3. The van der Waals surface area contributed by atoms with Gasteiger partial charge in [0, 0.05) is 35.1 Å².